The van der Waals surface area contributed by atoms with Crippen molar-refractivity contribution in [1.29, 1.82) is 0 Å². The second-order valence-corrected chi connectivity index (χ2v) is 5.97. The molecule has 1 atom stereocenters. The summed E-state index contributed by atoms with van der Waals surface area (Å²) in [5, 5.41) is 6.41. The van der Waals surface area contributed by atoms with Gasteiger partial charge in [-0.15, -0.1) is 12.4 Å². The summed E-state index contributed by atoms with van der Waals surface area (Å²) in [4.78, 5) is 12.2. The largest absolute Gasteiger partial charge is 0.490 e. The molecule has 0 aromatic heterocycles. The van der Waals surface area contributed by atoms with E-state index in [0.29, 0.717) is 30.4 Å². The second kappa shape index (κ2) is 8.99. The van der Waals surface area contributed by atoms with Crippen LogP contribution in [-0.2, 0) is 0 Å². The number of piperidine rings is 1. The van der Waals surface area contributed by atoms with Crippen LogP contribution in [0.5, 0.6) is 11.5 Å². The van der Waals surface area contributed by atoms with Crippen LogP contribution in [0.4, 0.5) is 0 Å². The molecule has 0 radical (unpaired) electrons. The van der Waals surface area contributed by atoms with E-state index in [1.54, 1.807) is 12.1 Å². The van der Waals surface area contributed by atoms with Crippen LogP contribution in [0.15, 0.2) is 18.2 Å². The second-order valence-electron chi connectivity index (χ2n) is 5.97. The van der Waals surface area contributed by atoms with Crippen molar-refractivity contribution < 1.29 is 14.3 Å². The molecule has 0 spiro atoms. The summed E-state index contributed by atoms with van der Waals surface area (Å²) in [5.41, 5.74) is 0.631. The summed E-state index contributed by atoms with van der Waals surface area (Å²) in [6.07, 6.45) is 4.39. The number of carbonyl (C=O) groups is 1. The SMILES string of the molecule is Cl.O=C(NCCC1CCCNC1)c1ccc2c(c1)OCCCO2. The molecule has 128 valence electrons. The van der Waals surface area contributed by atoms with Crippen LogP contribution < -0.4 is 20.1 Å². The average Bonchev–Trinajstić information content (AvgIpc) is 2.80. The summed E-state index contributed by atoms with van der Waals surface area (Å²) in [7, 11) is 0. The van der Waals surface area contributed by atoms with E-state index in [2.05, 4.69) is 10.6 Å². The van der Waals surface area contributed by atoms with Gasteiger partial charge < -0.3 is 20.1 Å². The maximum Gasteiger partial charge on any atom is 0.251 e. The highest BCUT2D eigenvalue weighted by Gasteiger charge is 2.15. The number of benzene rings is 1. The number of nitrogens with one attached hydrogen (secondary N) is 2. The van der Waals surface area contributed by atoms with Gasteiger partial charge in [-0.2, -0.15) is 0 Å². The van der Waals surface area contributed by atoms with Crippen LogP contribution >= 0.6 is 12.4 Å². The van der Waals surface area contributed by atoms with E-state index in [1.807, 2.05) is 6.07 Å². The number of halogens is 1. The zero-order valence-corrected chi connectivity index (χ0v) is 14.1. The van der Waals surface area contributed by atoms with Crippen LogP contribution in [0.25, 0.3) is 0 Å². The van der Waals surface area contributed by atoms with Gasteiger partial charge in [-0.1, -0.05) is 0 Å². The Hall–Kier alpha value is -1.46. The number of rotatable bonds is 4. The molecule has 23 heavy (non-hydrogen) atoms. The Bertz CT molecular complexity index is 519. The van der Waals surface area contributed by atoms with Crippen molar-refractivity contribution in [3.8, 4) is 11.5 Å². The van der Waals surface area contributed by atoms with Gasteiger partial charge >= 0.3 is 0 Å². The number of carbonyl (C=O) groups excluding carboxylic acids is 1. The Morgan fingerprint density at radius 3 is 2.83 bits per heavy atom. The topological polar surface area (TPSA) is 59.6 Å². The van der Waals surface area contributed by atoms with Crippen molar-refractivity contribution >= 4 is 18.3 Å². The first-order valence-corrected chi connectivity index (χ1v) is 8.21. The summed E-state index contributed by atoms with van der Waals surface area (Å²) in [5.74, 6) is 2.03. The van der Waals surface area contributed by atoms with Crippen LogP contribution in [0.1, 0.15) is 36.0 Å². The molecular formula is C17H25ClN2O3. The first kappa shape index (κ1) is 17.9. The molecule has 2 heterocycles. The molecule has 0 saturated carbocycles. The lowest BCUT2D eigenvalue weighted by atomic mass is 9.96. The van der Waals surface area contributed by atoms with Gasteiger partial charge in [0.05, 0.1) is 13.2 Å². The molecule has 2 aliphatic heterocycles. The van der Waals surface area contributed by atoms with Crippen molar-refractivity contribution in [3.63, 3.8) is 0 Å². The van der Waals surface area contributed by atoms with Gasteiger partial charge in [0.1, 0.15) is 0 Å². The molecule has 5 nitrogen and oxygen atoms in total. The van der Waals surface area contributed by atoms with Crippen LogP contribution in [-0.4, -0.2) is 38.8 Å². The highest BCUT2D eigenvalue weighted by Crippen LogP contribution is 2.30. The molecule has 1 amide bonds. The summed E-state index contributed by atoms with van der Waals surface area (Å²) >= 11 is 0. The summed E-state index contributed by atoms with van der Waals surface area (Å²) in [6.45, 7) is 4.21. The Morgan fingerprint density at radius 1 is 1.22 bits per heavy atom. The number of ether oxygens (including phenoxy) is 2. The van der Waals surface area contributed by atoms with E-state index in [9.17, 15) is 4.79 Å². The fourth-order valence-electron chi connectivity index (χ4n) is 2.97. The smallest absolute Gasteiger partial charge is 0.251 e. The molecule has 1 aromatic rings. The van der Waals surface area contributed by atoms with Crippen molar-refractivity contribution in [2.75, 3.05) is 32.8 Å². The highest BCUT2D eigenvalue weighted by molar-refractivity contribution is 5.94. The summed E-state index contributed by atoms with van der Waals surface area (Å²) < 4.78 is 11.2. The molecule has 2 N–H and O–H groups in total. The lowest BCUT2D eigenvalue weighted by Crippen LogP contribution is -2.33. The molecule has 1 unspecified atom stereocenters. The van der Waals surface area contributed by atoms with E-state index < -0.39 is 0 Å². The predicted octanol–water partition coefficient (Wildman–Crippen LogP) is 2.39. The van der Waals surface area contributed by atoms with Gasteiger partial charge in [0.25, 0.3) is 5.91 Å². The van der Waals surface area contributed by atoms with Gasteiger partial charge in [-0.25, -0.2) is 0 Å². The third kappa shape index (κ3) is 5.01. The lowest BCUT2D eigenvalue weighted by Gasteiger charge is -2.22. The maximum absolute atomic E-state index is 12.2. The zero-order valence-electron chi connectivity index (χ0n) is 13.3. The highest BCUT2D eigenvalue weighted by atomic mass is 35.5. The van der Waals surface area contributed by atoms with Gasteiger partial charge in [0.15, 0.2) is 11.5 Å². The quantitative estimate of drug-likeness (QED) is 0.883. The first-order chi connectivity index (χ1) is 10.8. The lowest BCUT2D eigenvalue weighted by molar-refractivity contribution is 0.0950. The minimum atomic E-state index is -0.0422. The van der Waals surface area contributed by atoms with Crippen molar-refractivity contribution in [2.45, 2.75) is 25.7 Å². The Kier molecular flexibility index (Phi) is 6.99. The molecule has 2 aliphatic rings. The monoisotopic (exact) mass is 340 g/mol. The fourth-order valence-corrected chi connectivity index (χ4v) is 2.97. The standard InChI is InChI=1S/C17H24N2O3.ClH/c20-17(19-8-6-13-3-1-7-18-12-13)14-4-5-15-16(11-14)22-10-2-9-21-15;/h4-5,11,13,18H,1-3,6-10,12H2,(H,19,20);1H. The third-order valence-electron chi connectivity index (χ3n) is 4.25. The number of hydrogen-bond donors (Lipinski definition) is 2. The Labute approximate surface area is 143 Å². The zero-order chi connectivity index (χ0) is 15.2. The summed E-state index contributed by atoms with van der Waals surface area (Å²) in [6, 6.07) is 5.39. The van der Waals surface area contributed by atoms with Gasteiger partial charge in [-0.05, 0) is 56.5 Å². The van der Waals surface area contributed by atoms with Crippen LogP contribution in [0.2, 0.25) is 0 Å². The molecule has 1 fully saturated rings. The molecule has 6 heteroatoms. The fraction of sp³-hybridized carbons (Fsp3) is 0.588. The van der Waals surface area contributed by atoms with Gasteiger partial charge in [0.2, 0.25) is 0 Å². The third-order valence-corrected chi connectivity index (χ3v) is 4.25. The normalized spacial score (nSPS) is 20.1. The van der Waals surface area contributed by atoms with Crippen molar-refractivity contribution in [3.05, 3.63) is 23.8 Å². The van der Waals surface area contributed by atoms with Crippen molar-refractivity contribution in [2.24, 2.45) is 5.92 Å². The van der Waals surface area contributed by atoms with E-state index >= 15 is 0 Å². The van der Waals surface area contributed by atoms with Crippen LogP contribution in [0, 0.1) is 5.92 Å². The average molecular weight is 341 g/mol. The molecule has 3 rings (SSSR count). The van der Waals surface area contributed by atoms with E-state index in [4.69, 9.17) is 9.47 Å². The van der Waals surface area contributed by atoms with Crippen molar-refractivity contribution in [1.82, 2.24) is 10.6 Å². The molecule has 1 aromatic carbocycles. The Balaban J connectivity index is 0.00000192. The first-order valence-electron chi connectivity index (χ1n) is 8.21. The van der Waals surface area contributed by atoms with Crippen LogP contribution in [0.3, 0.4) is 0 Å². The van der Waals surface area contributed by atoms with Gasteiger partial charge in [0, 0.05) is 18.5 Å². The molecular weight excluding hydrogens is 316 g/mol. The minimum absolute atomic E-state index is 0. The number of fused-ring (bicyclic) bond motifs is 1. The maximum atomic E-state index is 12.2. The number of amides is 1. The number of hydrogen-bond acceptors (Lipinski definition) is 4. The van der Waals surface area contributed by atoms with E-state index in [-0.39, 0.29) is 18.3 Å². The van der Waals surface area contributed by atoms with Gasteiger partial charge in [-0.3, -0.25) is 4.79 Å². The Morgan fingerprint density at radius 2 is 2.04 bits per heavy atom. The molecule has 0 aliphatic carbocycles. The molecule has 0 bridgehead atoms. The minimum Gasteiger partial charge on any atom is -0.490 e. The van der Waals surface area contributed by atoms with E-state index in [0.717, 1.165) is 38.2 Å². The van der Waals surface area contributed by atoms with E-state index in [1.165, 1.54) is 12.8 Å². The molecule has 1 saturated heterocycles. The predicted molar refractivity (Wildman–Crippen MR) is 91.8 cm³/mol.